The van der Waals surface area contributed by atoms with Gasteiger partial charge in [-0.05, 0) is 64.7 Å². The molecule has 2 aliphatic carbocycles. The van der Waals surface area contributed by atoms with E-state index in [4.69, 9.17) is 9.84 Å². The summed E-state index contributed by atoms with van der Waals surface area (Å²) in [4.78, 5) is 10.9. The minimum atomic E-state index is -0.904. The molecule has 3 nitrogen and oxygen atoms in total. The summed E-state index contributed by atoms with van der Waals surface area (Å²) in [5, 5.41) is 8.96. The minimum Gasteiger partial charge on any atom is -0.478 e. The fraction of sp³-hybridized carbons (Fsp3) is 0.577. The molecule has 0 amide bonds. The lowest BCUT2D eigenvalue weighted by molar-refractivity contribution is -0.131. The van der Waals surface area contributed by atoms with Gasteiger partial charge in [0.05, 0.1) is 6.61 Å². The first-order valence-electron chi connectivity index (χ1n) is 10.7. The number of rotatable bonds is 6. The van der Waals surface area contributed by atoms with Gasteiger partial charge in [-0.3, -0.25) is 0 Å². The number of carbonyl (C=O) groups is 1. The number of ether oxygens (including phenoxy) is 1. The number of aliphatic carboxylic acids is 1. The van der Waals surface area contributed by atoms with Gasteiger partial charge < -0.3 is 9.84 Å². The summed E-state index contributed by atoms with van der Waals surface area (Å²) < 4.78 is 5.53. The molecular weight excluding hydrogens is 360 g/mol. The summed E-state index contributed by atoms with van der Waals surface area (Å²) in [5.74, 6) is -0.157. The lowest BCUT2D eigenvalue weighted by atomic mass is 9.62. The van der Waals surface area contributed by atoms with E-state index in [-0.39, 0.29) is 16.2 Å². The van der Waals surface area contributed by atoms with Crippen LogP contribution in [0.2, 0.25) is 0 Å². The Kier molecular flexibility index (Phi) is 5.59. The molecule has 3 heteroatoms. The number of fused-ring (bicyclic) bond motifs is 1. The maximum absolute atomic E-state index is 10.9. The molecule has 2 aliphatic rings. The Morgan fingerprint density at radius 3 is 2.34 bits per heavy atom. The van der Waals surface area contributed by atoms with Gasteiger partial charge in [-0.15, -0.1) is 0 Å². The third kappa shape index (κ3) is 3.94. The second kappa shape index (κ2) is 7.43. The van der Waals surface area contributed by atoms with Crippen molar-refractivity contribution in [3.05, 3.63) is 58.7 Å². The molecule has 0 aromatic heterocycles. The van der Waals surface area contributed by atoms with E-state index in [0.29, 0.717) is 18.4 Å². The van der Waals surface area contributed by atoms with Gasteiger partial charge in [0.1, 0.15) is 0 Å². The van der Waals surface area contributed by atoms with Gasteiger partial charge in [0.15, 0.2) is 0 Å². The smallest absolute Gasteiger partial charge is 0.328 e. The molecule has 3 rings (SSSR count). The molecule has 0 radical (unpaired) electrons. The molecule has 0 aliphatic heterocycles. The Morgan fingerprint density at radius 1 is 1.14 bits per heavy atom. The SMILES string of the molecule is COC[C@@H]1[C@@H](C=CC(C)=CC(=O)O)[C@@]1(C)c1ccc2c(c1)C(C)(C)CCC2(C)C. The Balaban J connectivity index is 1.98. The zero-order chi connectivity index (χ0) is 21.6. The van der Waals surface area contributed by atoms with Gasteiger partial charge in [0.2, 0.25) is 0 Å². The van der Waals surface area contributed by atoms with Gasteiger partial charge in [-0.1, -0.05) is 65.0 Å². The fourth-order valence-electron chi connectivity index (χ4n) is 5.26. The maximum Gasteiger partial charge on any atom is 0.328 e. The number of benzene rings is 1. The average molecular weight is 397 g/mol. The predicted octanol–water partition coefficient (Wildman–Crippen LogP) is 5.77. The fourth-order valence-corrected chi connectivity index (χ4v) is 5.26. The van der Waals surface area contributed by atoms with E-state index in [1.807, 2.05) is 13.0 Å². The highest BCUT2D eigenvalue weighted by atomic mass is 16.5. The van der Waals surface area contributed by atoms with Crippen molar-refractivity contribution in [1.82, 2.24) is 0 Å². The lowest BCUT2D eigenvalue weighted by Crippen LogP contribution is -2.34. The Bertz CT molecular complexity index is 859. The lowest BCUT2D eigenvalue weighted by Gasteiger charge is -2.42. The van der Waals surface area contributed by atoms with E-state index >= 15 is 0 Å². The number of carboxylic acid groups (broad SMARTS) is 1. The largest absolute Gasteiger partial charge is 0.478 e. The maximum atomic E-state index is 10.9. The molecule has 0 saturated heterocycles. The molecule has 158 valence electrons. The number of hydrogen-bond acceptors (Lipinski definition) is 2. The highest BCUT2D eigenvalue weighted by Crippen LogP contribution is 2.61. The van der Waals surface area contributed by atoms with Gasteiger partial charge in [-0.25, -0.2) is 4.79 Å². The van der Waals surface area contributed by atoms with Crippen LogP contribution in [0.1, 0.15) is 71.1 Å². The zero-order valence-electron chi connectivity index (χ0n) is 19.0. The first-order valence-corrected chi connectivity index (χ1v) is 10.7. The Morgan fingerprint density at radius 2 is 1.76 bits per heavy atom. The first-order chi connectivity index (χ1) is 13.4. The van der Waals surface area contributed by atoms with Gasteiger partial charge in [0, 0.05) is 18.6 Å². The number of methoxy groups -OCH3 is 1. The van der Waals surface area contributed by atoms with Crippen LogP contribution < -0.4 is 0 Å². The van der Waals surface area contributed by atoms with Crippen LogP contribution in [0.15, 0.2) is 42.0 Å². The second-order valence-corrected chi connectivity index (χ2v) is 10.5. The predicted molar refractivity (Wildman–Crippen MR) is 118 cm³/mol. The molecule has 1 aromatic carbocycles. The topological polar surface area (TPSA) is 46.5 Å². The van der Waals surface area contributed by atoms with Crippen molar-refractivity contribution in [2.45, 2.75) is 70.6 Å². The van der Waals surface area contributed by atoms with Gasteiger partial charge >= 0.3 is 5.97 Å². The van der Waals surface area contributed by atoms with Crippen molar-refractivity contribution in [3.63, 3.8) is 0 Å². The van der Waals surface area contributed by atoms with Crippen molar-refractivity contribution >= 4 is 5.97 Å². The summed E-state index contributed by atoms with van der Waals surface area (Å²) in [6, 6.07) is 7.13. The third-order valence-electron chi connectivity index (χ3n) is 7.53. The van der Waals surface area contributed by atoms with Crippen LogP contribution in [0.4, 0.5) is 0 Å². The summed E-state index contributed by atoms with van der Waals surface area (Å²) in [5.41, 5.74) is 5.53. The van der Waals surface area contributed by atoms with Crippen molar-refractivity contribution in [2.75, 3.05) is 13.7 Å². The Hall–Kier alpha value is -1.87. The van der Waals surface area contributed by atoms with Crippen LogP contribution in [0.3, 0.4) is 0 Å². The molecule has 3 atom stereocenters. The number of carboxylic acids is 1. The molecule has 1 N–H and O–H groups in total. The molecule has 0 heterocycles. The van der Waals surface area contributed by atoms with E-state index in [1.54, 1.807) is 7.11 Å². The normalized spacial score (nSPS) is 30.2. The standard InChI is InChI=1S/C26H36O3/c1-17(14-23(27)28)8-10-20-22(16-29-7)26(20,6)18-9-11-19-21(15-18)25(4,5)13-12-24(19,2)3/h8-11,14-15,20,22H,12-13,16H2,1-7H3,(H,27,28)/t20-,22-,26-/m1/s1. The van der Waals surface area contributed by atoms with Crippen LogP contribution in [-0.2, 0) is 25.8 Å². The van der Waals surface area contributed by atoms with Gasteiger partial charge in [0.25, 0.3) is 0 Å². The number of allylic oxidation sites excluding steroid dienone is 3. The van der Waals surface area contributed by atoms with Crippen LogP contribution in [0.5, 0.6) is 0 Å². The van der Waals surface area contributed by atoms with Crippen LogP contribution in [-0.4, -0.2) is 24.8 Å². The molecule has 0 bridgehead atoms. The van der Waals surface area contributed by atoms with E-state index in [0.717, 1.165) is 5.57 Å². The van der Waals surface area contributed by atoms with E-state index in [1.165, 1.54) is 35.6 Å². The zero-order valence-corrected chi connectivity index (χ0v) is 19.0. The molecule has 1 saturated carbocycles. The van der Waals surface area contributed by atoms with Crippen molar-refractivity contribution < 1.29 is 14.6 Å². The summed E-state index contributed by atoms with van der Waals surface area (Å²) in [7, 11) is 1.76. The summed E-state index contributed by atoms with van der Waals surface area (Å²) in [6.07, 6.45) is 7.80. The Labute approximate surface area is 175 Å². The van der Waals surface area contributed by atoms with Crippen LogP contribution >= 0.6 is 0 Å². The van der Waals surface area contributed by atoms with Crippen molar-refractivity contribution in [3.8, 4) is 0 Å². The quantitative estimate of drug-likeness (QED) is 0.490. The van der Waals surface area contributed by atoms with E-state index in [2.05, 4.69) is 58.9 Å². The van der Waals surface area contributed by atoms with Crippen LogP contribution in [0, 0.1) is 11.8 Å². The van der Waals surface area contributed by atoms with Crippen molar-refractivity contribution in [1.29, 1.82) is 0 Å². The molecule has 29 heavy (non-hydrogen) atoms. The molecule has 1 aromatic rings. The average Bonchev–Trinajstić information content (AvgIpc) is 3.21. The molecule has 0 unspecified atom stereocenters. The summed E-state index contributed by atoms with van der Waals surface area (Å²) in [6.45, 7) is 14.3. The number of hydrogen-bond donors (Lipinski definition) is 1. The highest BCUT2D eigenvalue weighted by molar-refractivity contribution is 5.81. The molecule has 0 spiro atoms. The van der Waals surface area contributed by atoms with E-state index < -0.39 is 5.97 Å². The van der Waals surface area contributed by atoms with Gasteiger partial charge in [-0.2, -0.15) is 0 Å². The molecular formula is C26H36O3. The van der Waals surface area contributed by atoms with Crippen LogP contribution in [0.25, 0.3) is 0 Å². The third-order valence-corrected chi connectivity index (χ3v) is 7.53. The second-order valence-electron chi connectivity index (χ2n) is 10.5. The first kappa shape index (κ1) is 21.8. The summed E-state index contributed by atoms with van der Waals surface area (Å²) >= 11 is 0. The monoisotopic (exact) mass is 396 g/mol. The highest BCUT2D eigenvalue weighted by Gasteiger charge is 2.60. The van der Waals surface area contributed by atoms with Crippen molar-refractivity contribution in [2.24, 2.45) is 11.8 Å². The minimum absolute atomic E-state index is 0.0166. The van der Waals surface area contributed by atoms with E-state index in [9.17, 15) is 4.79 Å². The molecule has 1 fully saturated rings.